The lowest BCUT2D eigenvalue weighted by molar-refractivity contribution is -0.130. The van der Waals surface area contributed by atoms with Crippen molar-refractivity contribution in [3.05, 3.63) is 29.8 Å². The van der Waals surface area contributed by atoms with E-state index in [-0.39, 0.29) is 5.91 Å². The highest BCUT2D eigenvalue weighted by molar-refractivity contribution is 5.78. The normalized spacial score (nSPS) is 10.2. The monoisotopic (exact) mass is 236 g/mol. The maximum Gasteiger partial charge on any atom is 0.227 e. The predicted octanol–water partition coefficient (Wildman–Crippen LogP) is -0.443. The summed E-state index contributed by atoms with van der Waals surface area (Å²) in [5, 5.41) is 0. The summed E-state index contributed by atoms with van der Waals surface area (Å²) in [7, 11) is 0. The molecule has 5 nitrogen and oxygen atoms in total. The van der Waals surface area contributed by atoms with E-state index in [0.29, 0.717) is 38.3 Å². The Kier molecular flexibility index (Phi) is 5.45. The molecule has 1 amide bonds. The maximum absolute atomic E-state index is 12.0. The number of benzene rings is 1. The predicted molar refractivity (Wildman–Crippen MR) is 69.2 cm³/mol. The molecule has 1 aromatic rings. The van der Waals surface area contributed by atoms with Gasteiger partial charge < -0.3 is 22.1 Å². The third-order valence-electron chi connectivity index (χ3n) is 2.49. The zero-order valence-electron chi connectivity index (χ0n) is 9.93. The lowest BCUT2D eigenvalue weighted by Gasteiger charge is -2.21. The highest BCUT2D eigenvalue weighted by Crippen LogP contribution is 2.07. The Labute approximate surface area is 102 Å². The van der Waals surface area contributed by atoms with Crippen molar-refractivity contribution in [1.82, 2.24) is 4.90 Å². The largest absolute Gasteiger partial charge is 0.399 e. The molecule has 1 aromatic carbocycles. The fourth-order valence-corrected chi connectivity index (χ4v) is 1.59. The number of nitrogens with zero attached hydrogens (tertiary/aromatic N) is 1. The van der Waals surface area contributed by atoms with Gasteiger partial charge in [0.2, 0.25) is 5.91 Å². The lowest BCUT2D eigenvalue weighted by atomic mass is 10.1. The highest BCUT2D eigenvalue weighted by Gasteiger charge is 2.12. The van der Waals surface area contributed by atoms with Crippen molar-refractivity contribution in [2.24, 2.45) is 11.5 Å². The number of nitrogen functional groups attached to an aromatic ring is 1. The Balaban J connectivity index is 2.59. The van der Waals surface area contributed by atoms with Gasteiger partial charge in [-0.3, -0.25) is 4.79 Å². The van der Waals surface area contributed by atoms with E-state index in [1.54, 1.807) is 17.0 Å². The van der Waals surface area contributed by atoms with Crippen LogP contribution in [0.5, 0.6) is 0 Å². The van der Waals surface area contributed by atoms with Crippen LogP contribution in [0, 0.1) is 0 Å². The Bertz CT molecular complexity index is 344. The number of anilines is 1. The van der Waals surface area contributed by atoms with Crippen molar-refractivity contribution >= 4 is 11.6 Å². The quantitative estimate of drug-likeness (QED) is 0.583. The summed E-state index contributed by atoms with van der Waals surface area (Å²) in [6.45, 7) is 2.00. The van der Waals surface area contributed by atoms with Crippen molar-refractivity contribution in [2.45, 2.75) is 6.42 Å². The van der Waals surface area contributed by atoms with E-state index in [2.05, 4.69) is 0 Å². The van der Waals surface area contributed by atoms with Gasteiger partial charge >= 0.3 is 0 Å². The van der Waals surface area contributed by atoms with E-state index in [9.17, 15) is 4.79 Å². The second-order valence-corrected chi connectivity index (χ2v) is 3.88. The third kappa shape index (κ3) is 4.42. The fourth-order valence-electron chi connectivity index (χ4n) is 1.59. The molecular formula is C12H20N4O. The van der Waals surface area contributed by atoms with Crippen molar-refractivity contribution in [3.8, 4) is 0 Å². The van der Waals surface area contributed by atoms with Gasteiger partial charge in [-0.25, -0.2) is 0 Å². The van der Waals surface area contributed by atoms with Crippen LogP contribution < -0.4 is 17.2 Å². The van der Waals surface area contributed by atoms with Crippen LogP contribution in [-0.2, 0) is 11.2 Å². The molecule has 5 heteroatoms. The van der Waals surface area contributed by atoms with Gasteiger partial charge in [0.15, 0.2) is 0 Å². The molecule has 94 valence electrons. The Morgan fingerprint density at radius 3 is 2.06 bits per heavy atom. The highest BCUT2D eigenvalue weighted by atomic mass is 16.2. The van der Waals surface area contributed by atoms with Crippen molar-refractivity contribution in [2.75, 3.05) is 31.9 Å². The van der Waals surface area contributed by atoms with Gasteiger partial charge in [-0.1, -0.05) is 12.1 Å². The molecule has 0 spiro atoms. The van der Waals surface area contributed by atoms with Crippen molar-refractivity contribution in [1.29, 1.82) is 0 Å². The first-order valence-electron chi connectivity index (χ1n) is 5.69. The van der Waals surface area contributed by atoms with Gasteiger partial charge in [0.25, 0.3) is 0 Å². The number of nitrogens with two attached hydrogens (primary N) is 3. The second kappa shape index (κ2) is 6.88. The van der Waals surface area contributed by atoms with Gasteiger partial charge in [0.05, 0.1) is 6.42 Å². The average molecular weight is 236 g/mol. The van der Waals surface area contributed by atoms with Crippen LogP contribution in [-0.4, -0.2) is 37.0 Å². The van der Waals surface area contributed by atoms with Gasteiger partial charge in [0, 0.05) is 31.9 Å². The van der Waals surface area contributed by atoms with Crippen LogP contribution in [0.3, 0.4) is 0 Å². The smallest absolute Gasteiger partial charge is 0.227 e. The van der Waals surface area contributed by atoms with Gasteiger partial charge in [-0.05, 0) is 17.7 Å². The summed E-state index contributed by atoms with van der Waals surface area (Å²) in [4.78, 5) is 13.7. The summed E-state index contributed by atoms with van der Waals surface area (Å²) in [5.41, 5.74) is 18.1. The molecule has 0 aliphatic rings. The minimum absolute atomic E-state index is 0.0469. The molecule has 0 saturated carbocycles. The number of hydrogen-bond donors (Lipinski definition) is 3. The molecule has 0 radical (unpaired) electrons. The molecule has 1 rings (SSSR count). The molecule has 0 aromatic heterocycles. The van der Waals surface area contributed by atoms with E-state index in [4.69, 9.17) is 17.2 Å². The Hall–Kier alpha value is -1.59. The minimum atomic E-state index is 0.0469. The zero-order chi connectivity index (χ0) is 12.7. The van der Waals surface area contributed by atoms with Gasteiger partial charge in [-0.15, -0.1) is 0 Å². The standard InChI is InChI=1S/C12H20N4O/c13-5-7-16(8-6-14)12(17)9-10-1-3-11(15)4-2-10/h1-4H,5-9,13-15H2. The van der Waals surface area contributed by atoms with E-state index < -0.39 is 0 Å². The van der Waals surface area contributed by atoms with Crippen LogP contribution in [0.1, 0.15) is 5.56 Å². The molecule has 0 fully saturated rings. The lowest BCUT2D eigenvalue weighted by Crippen LogP contribution is -2.39. The van der Waals surface area contributed by atoms with Crippen molar-refractivity contribution in [3.63, 3.8) is 0 Å². The maximum atomic E-state index is 12.0. The molecule has 0 saturated heterocycles. The molecule has 6 N–H and O–H groups in total. The molecule has 0 aliphatic carbocycles. The SMILES string of the molecule is NCCN(CCN)C(=O)Cc1ccc(N)cc1. The summed E-state index contributed by atoms with van der Waals surface area (Å²) in [6, 6.07) is 7.30. The summed E-state index contributed by atoms with van der Waals surface area (Å²) >= 11 is 0. The molecular weight excluding hydrogens is 216 g/mol. The first-order chi connectivity index (χ1) is 8.17. The number of carbonyl (C=O) groups is 1. The van der Waals surface area contributed by atoms with E-state index >= 15 is 0 Å². The van der Waals surface area contributed by atoms with Gasteiger partial charge in [0.1, 0.15) is 0 Å². The minimum Gasteiger partial charge on any atom is -0.399 e. The molecule has 0 atom stereocenters. The first-order valence-corrected chi connectivity index (χ1v) is 5.69. The third-order valence-corrected chi connectivity index (χ3v) is 2.49. The fraction of sp³-hybridized carbons (Fsp3) is 0.417. The molecule has 0 heterocycles. The Morgan fingerprint density at radius 2 is 1.59 bits per heavy atom. The zero-order valence-corrected chi connectivity index (χ0v) is 9.93. The van der Waals surface area contributed by atoms with Crippen LogP contribution in [0.4, 0.5) is 5.69 Å². The average Bonchev–Trinajstić information content (AvgIpc) is 2.32. The second-order valence-electron chi connectivity index (χ2n) is 3.88. The molecule has 0 unspecified atom stereocenters. The molecule has 0 aliphatic heterocycles. The number of carbonyl (C=O) groups excluding carboxylic acids is 1. The topological polar surface area (TPSA) is 98.4 Å². The molecule has 17 heavy (non-hydrogen) atoms. The van der Waals surface area contributed by atoms with Crippen LogP contribution in [0.25, 0.3) is 0 Å². The van der Waals surface area contributed by atoms with Crippen LogP contribution >= 0.6 is 0 Å². The summed E-state index contributed by atoms with van der Waals surface area (Å²) in [5.74, 6) is 0.0469. The van der Waals surface area contributed by atoms with Crippen molar-refractivity contribution < 1.29 is 4.79 Å². The van der Waals surface area contributed by atoms with E-state index in [0.717, 1.165) is 5.56 Å². The first kappa shape index (κ1) is 13.5. The van der Waals surface area contributed by atoms with Gasteiger partial charge in [-0.2, -0.15) is 0 Å². The molecule has 0 bridgehead atoms. The number of rotatable bonds is 6. The number of amides is 1. The van der Waals surface area contributed by atoms with E-state index in [1.165, 1.54) is 0 Å². The summed E-state index contributed by atoms with van der Waals surface area (Å²) < 4.78 is 0. The van der Waals surface area contributed by atoms with Crippen LogP contribution in [0.2, 0.25) is 0 Å². The summed E-state index contributed by atoms with van der Waals surface area (Å²) in [6.07, 6.45) is 0.361. The van der Waals surface area contributed by atoms with E-state index in [1.807, 2.05) is 12.1 Å². The number of hydrogen-bond acceptors (Lipinski definition) is 4. The van der Waals surface area contributed by atoms with Crippen LogP contribution in [0.15, 0.2) is 24.3 Å². The Morgan fingerprint density at radius 1 is 1.06 bits per heavy atom.